The van der Waals surface area contributed by atoms with Gasteiger partial charge in [0, 0.05) is 51.4 Å². The third-order valence-electron chi connectivity index (χ3n) is 5.97. The lowest BCUT2D eigenvalue weighted by atomic mass is 10.1. The van der Waals surface area contributed by atoms with E-state index in [1.807, 2.05) is 54.4 Å². The fraction of sp³-hybridized carbons (Fsp3) is 0.400. The lowest BCUT2D eigenvalue weighted by molar-refractivity contribution is -0.131. The lowest BCUT2D eigenvalue weighted by Crippen LogP contribution is -2.35. The van der Waals surface area contributed by atoms with Gasteiger partial charge >= 0.3 is 0 Å². The van der Waals surface area contributed by atoms with Crippen LogP contribution in [0.5, 0.6) is 5.75 Å². The molecule has 0 N–H and O–H groups in total. The van der Waals surface area contributed by atoms with Crippen molar-refractivity contribution in [2.24, 2.45) is 0 Å². The highest BCUT2D eigenvalue weighted by atomic mass is 16.5. The molecule has 0 bridgehead atoms. The topological polar surface area (TPSA) is 67.2 Å². The van der Waals surface area contributed by atoms with Crippen LogP contribution < -0.4 is 10.3 Å². The van der Waals surface area contributed by atoms with E-state index in [0.29, 0.717) is 25.2 Å². The number of carbonyl (C=O) groups is 1. The van der Waals surface area contributed by atoms with Gasteiger partial charge in [0.05, 0.1) is 12.8 Å². The first-order valence-corrected chi connectivity index (χ1v) is 11.1. The van der Waals surface area contributed by atoms with Gasteiger partial charge in [-0.15, -0.1) is 0 Å². The van der Waals surface area contributed by atoms with E-state index in [2.05, 4.69) is 9.88 Å². The molecule has 0 saturated carbocycles. The zero-order valence-electron chi connectivity index (χ0n) is 18.8. The van der Waals surface area contributed by atoms with Crippen LogP contribution in [0.4, 0.5) is 0 Å². The van der Waals surface area contributed by atoms with Crippen molar-refractivity contribution in [3.05, 3.63) is 75.8 Å². The molecule has 1 saturated heterocycles. The first-order valence-electron chi connectivity index (χ1n) is 11.1. The molecule has 0 spiro atoms. The summed E-state index contributed by atoms with van der Waals surface area (Å²) in [5, 5.41) is 0. The number of hydrogen-bond acceptors (Lipinski definition) is 5. The molecule has 3 heterocycles. The van der Waals surface area contributed by atoms with Crippen LogP contribution in [0.2, 0.25) is 0 Å². The van der Waals surface area contributed by atoms with Crippen LogP contribution >= 0.6 is 0 Å². The van der Waals surface area contributed by atoms with Crippen molar-refractivity contribution in [3.63, 3.8) is 0 Å². The third-order valence-corrected chi connectivity index (χ3v) is 5.97. The number of pyridine rings is 1. The van der Waals surface area contributed by atoms with Crippen molar-refractivity contribution in [1.82, 2.24) is 19.2 Å². The van der Waals surface area contributed by atoms with E-state index >= 15 is 0 Å². The molecule has 7 nitrogen and oxygen atoms in total. The van der Waals surface area contributed by atoms with Gasteiger partial charge in [-0.1, -0.05) is 18.2 Å². The molecule has 0 radical (unpaired) electrons. The highest BCUT2D eigenvalue weighted by molar-refractivity contribution is 5.76. The van der Waals surface area contributed by atoms with E-state index in [0.717, 1.165) is 55.0 Å². The van der Waals surface area contributed by atoms with Crippen molar-refractivity contribution in [1.29, 1.82) is 0 Å². The Labute approximate surface area is 188 Å². The molecule has 1 fully saturated rings. The predicted molar refractivity (Wildman–Crippen MR) is 124 cm³/mol. The Morgan fingerprint density at radius 3 is 2.66 bits per heavy atom. The van der Waals surface area contributed by atoms with E-state index in [4.69, 9.17) is 4.74 Å². The van der Waals surface area contributed by atoms with Crippen LogP contribution in [0.3, 0.4) is 0 Å². The number of nitrogens with zero attached hydrogens (tertiary/aromatic N) is 4. The molecule has 0 unspecified atom stereocenters. The molecule has 0 atom stereocenters. The summed E-state index contributed by atoms with van der Waals surface area (Å²) in [6, 6.07) is 13.3. The van der Waals surface area contributed by atoms with E-state index < -0.39 is 0 Å². The molecule has 1 aliphatic rings. The number of ether oxygens (including phenoxy) is 1. The molecule has 1 amide bonds. The summed E-state index contributed by atoms with van der Waals surface area (Å²) in [7, 11) is 1.65. The Morgan fingerprint density at radius 2 is 1.88 bits per heavy atom. The zero-order valence-corrected chi connectivity index (χ0v) is 18.8. The van der Waals surface area contributed by atoms with Crippen LogP contribution in [0.25, 0.3) is 5.65 Å². The number of fused-ring (bicyclic) bond motifs is 1. The molecular weight excluding hydrogens is 404 g/mol. The van der Waals surface area contributed by atoms with Crippen molar-refractivity contribution >= 4 is 11.6 Å². The Kier molecular flexibility index (Phi) is 6.85. The van der Waals surface area contributed by atoms with Crippen LogP contribution in [0.15, 0.2) is 53.5 Å². The van der Waals surface area contributed by atoms with Gasteiger partial charge in [-0.3, -0.25) is 18.9 Å². The first-order chi connectivity index (χ1) is 15.5. The van der Waals surface area contributed by atoms with Crippen LogP contribution in [0, 0.1) is 6.92 Å². The standard InChI is InChI=1S/C25H30N4O3/c1-19-4-10-23-26-21(16-25(31)29(23)17-19)18-27-12-3-13-28(15-14-27)24(30)11-7-20-5-8-22(32-2)9-6-20/h4-6,8-10,16-17H,3,7,11-15,18H2,1-2H3. The van der Waals surface area contributed by atoms with Gasteiger partial charge in [-0.25, -0.2) is 4.98 Å². The van der Waals surface area contributed by atoms with Gasteiger partial charge < -0.3 is 9.64 Å². The van der Waals surface area contributed by atoms with Crippen molar-refractivity contribution in [2.75, 3.05) is 33.3 Å². The maximum Gasteiger partial charge on any atom is 0.258 e. The lowest BCUT2D eigenvalue weighted by Gasteiger charge is -2.22. The summed E-state index contributed by atoms with van der Waals surface area (Å²) in [4.78, 5) is 34.1. The van der Waals surface area contributed by atoms with E-state index in [9.17, 15) is 9.59 Å². The fourth-order valence-corrected chi connectivity index (χ4v) is 4.15. The van der Waals surface area contributed by atoms with Crippen LogP contribution in [0.1, 0.15) is 29.7 Å². The van der Waals surface area contributed by atoms with Gasteiger partial charge in [0.15, 0.2) is 0 Å². The number of carbonyl (C=O) groups excluding carboxylic acids is 1. The average molecular weight is 435 g/mol. The van der Waals surface area contributed by atoms with Gasteiger partial charge in [0.1, 0.15) is 11.4 Å². The Morgan fingerprint density at radius 1 is 1.06 bits per heavy atom. The van der Waals surface area contributed by atoms with Crippen molar-refractivity contribution < 1.29 is 9.53 Å². The average Bonchev–Trinajstić information content (AvgIpc) is 3.04. The summed E-state index contributed by atoms with van der Waals surface area (Å²) >= 11 is 0. The third kappa shape index (κ3) is 5.34. The number of rotatable bonds is 6. The normalized spacial score (nSPS) is 15.0. The number of amides is 1. The van der Waals surface area contributed by atoms with Crippen molar-refractivity contribution in [2.45, 2.75) is 32.7 Å². The summed E-state index contributed by atoms with van der Waals surface area (Å²) in [5.74, 6) is 1.02. The number of hydrogen-bond donors (Lipinski definition) is 0. The Hall–Kier alpha value is -3.19. The zero-order chi connectivity index (χ0) is 22.5. The molecule has 3 aromatic rings. The summed E-state index contributed by atoms with van der Waals surface area (Å²) in [5.41, 5.74) is 3.55. The molecule has 2 aromatic heterocycles. The molecule has 0 aliphatic carbocycles. The second-order valence-electron chi connectivity index (χ2n) is 8.38. The number of benzene rings is 1. The maximum atomic E-state index is 12.8. The monoisotopic (exact) mass is 434 g/mol. The van der Waals surface area contributed by atoms with E-state index in [-0.39, 0.29) is 11.5 Å². The summed E-state index contributed by atoms with van der Waals surface area (Å²) in [6.07, 6.45) is 3.97. The van der Waals surface area contributed by atoms with Gasteiger partial charge in [0.2, 0.25) is 5.91 Å². The highest BCUT2D eigenvalue weighted by Gasteiger charge is 2.19. The van der Waals surface area contributed by atoms with Crippen molar-refractivity contribution in [3.8, 4) is 5.75 Å². The predicted octanol–water partition coefficient (Wildman–Crippen LogP) is 2.68. The smallest absolute Gasteiger partial charge is 0.258 e. The highest BCUT2D eigenvalue weighted by Crippen LogP contribution is 2.14. The largest absolute Gasteiger partial charge is 0.497 e. The quantitative estimate of drug-likeness (QED) is 0.597. The van der Waals surface area contributed by atoms with Gasteiger partial charge in [-0.2, -0.15) is 0 Å². The Balaban J connectivity index is 1.32. The van der Waals surface area contributed by atoms with E-state index in [1.165, 1.54) is 0 Å². The molecule has 1 aliphatic heterocycles. The minimum atomic E-state index is -0.0566. The number of aromatic nitrogens is 2. The molecule has 7 heteroatoms. The molecule has 4 rings (SSSR count). The SMILES string of the molecule is COc1ccc(CCC(=O)N2CCCN(Cc3cc(=O)n4cc(C)ccc4n3)CC2)cc1. The molecule has 32 heavy (non-hydrogen) atoms. The summed E-state index contributed by atoms with van der Waals surface area (Å²) in [6.45, 7) is 5.72. The van der Waals surface area contributed by atoms with Crippen LogP contribution in [-0.2, 0) is 17.8 Å². The summed E-state index contributed by atoms with van der Waals surface area (Å²) < 4.78 is 6.77. The van der Waals surface area contributed by atoms with Gasteiger partial charge in [-0.05, 0) is 49.1 Å². The van der Waals surface area contributed by atoms with E-state index in [1.54, 1.807) is 17.6 Å². The molecular formula is C25H30N4O3. The fourth-order valence-electron chi connectivity index (χ4n) is 4.15. The molecule has 1 aromatic carbocycles. The maximum absolute atomic E-state index is 12.8. The second kappa shape index (κ2) is 9.96. The minimum absolute atomic E-state index is 0.0566. The Bertz CT molecular complexity index is 1140. The van der Waals surface area contributed by atoms with Gasteiger partial charge in [0.25, 0.3) is 5.56 Å². The second-order valence-corrected chi connectivity index (χ2v) is 8.38. The minimum Gasteiger partial charge on any atom is -0.497 e. The first kappa shape index (κ1) is 22.0. The van der Waals surface area contributed by atoms with Crippen LogP contribution in [-0.4, -0.2) is 58.4 Å². The molecule has 168 valence electrons. The number of aryl methyl sites for hydroxylation is 2. The number of methoxy groups -OCH3 is 1.